The maximum Gasteiger partial charge on any atom is 0.185 e. The summed E-state index contributed by atoms with van der Waals surface area (Å²) in [5, 5.41) is 16.5. The van der Waals surface area contributed by atoms with Crippen molar-refractivity contribution in [3.8, 4) is 11.4 Å². The molecule has 0 aliphatic heterocycles. The van der Waals surface area contributed by atoms with Gasteiger partial charge in [-0.15, -0.1) is 27.1 Å². The van der Waals surface area contributed by atoms with Gasteiger partial charge in [-0.2, -0.15) is 4.52 Å². The van der Waals surface area contributed by atoms with Crippen LogP contribution in [-0.4, -0.2) is 26.1 Å². The van der Waals surface area contributed by atoms with E-state index in [1.807, 2.05) is 42.5 Å². The van der Waals surface area contributed by atoms with Crippen molar-refractivity contribution in [1.82, 2.24) is 19.8 Å². The molecule has 4 rings (SSSR count). The molecule has 0 radical (unpaired) electrons. The van der Waals surface area contributed by atoms with Crippen LogP contribution in [0.3, 0.4) is 0 Å². The minimum Gasteiger partial charge on any atom is -0.365 e. The maximum atomic E-state index is 4.64. The Balaban J connectivity index is 1.58. The number of nitrogens with zero attached hydrogens (tertiary/aromatic N) is 4. The highest BCUT2D eigenvalue weighted by Crippen LogP contribution is 2.19. The molecule has 0 atom stereocenters. The summed E-state index contributed by atoms with van der Waals surface area (Å²) in [6, 6.07) is 22.3. The molecular formula is C19H17N5S. The van der Waals surface area contributed by atoms with Crippen LogP contribution in [0.15, 0.2) is 71.6 Å². The molecule has 0 bridgehead atoms. The van der Waals surface area contributed by atoms with Crippen LogP contribution in [0.1, 0.15) is 5.56 Å². The van der Waals surface area contributed by atoms with Gasteiger partial charge in [-0.25, -0.2) is 0 Å². The van der Waals surface area contributed by atoms with Gasteiger partial charge in [0.15, 0.2) is 11.5 Å². The number of hydrogen-bond donors (Lipinski definition) is 1. The number of thioether (sulfide) groups is 1. The van der Waals surface area contributed by atoms with Gasteiger partial charge in [-0.3, -0.25) is 0 Å². The van der Waals surface area contributed by atoms with E-state index in [2.05, 4.69) is 51.1 Å². The number of fused-ring (bicyclic) bond motifs is 1. The second kappa shape index (κ2) is 6.94. The molecule has 2 aromatic carbocycles. The molecule has 25 heavy (non-hydrogen) atoms. The van der Waals surface area contributed by atoms with E-state index in [1.54, 1.807) is 16.3 Å². The summed E-state index contributed by atoms with van der Waals surface area (Å²) >= 11 is 1.74. The number of aromatic nitrogens is 4. The van der Waals surface area contributed by atoms with Gasteiger partial charge in [0, 0.05) is 17.0 Å². The summed E-state index contributed by atoms with van der Waals surface area (Å²) in [5.41, 5.74) is 2.94. The molecule has 5 nitrogen and oxygen atoms in total. The molecule has 0 amide bonds. The number of anilines is 1. The minimum atomic E-state index is 0.718. The third-order valence-electron chi connectivity index (χ3n) is 3.93. The van der Waals surface area contributed by atoms with E-state index in [4.69, 9.17) is 0 Å². The fraction of sp³-hybridized carbons (Fsp3) is 0.105. The monoisotopic (exact) mass is 347 g/mol. The molecule has 2 heterocycles. The zero-order valence-corrected chi connectivity index (χ0v) is 14.6. The van der Waals surface area contributed by atoms with Crippen LogP contribution >= 0.6 is 11.8 Å². The summed E-state index contributed by atoms with van der Waals surface area (Å²) in [6.07, 6.45) is 2.08. The van der Waals surface area contributed by atoms with Crippen molar-refractivity contribution >= 4 is 23.2 Å². The lowest BCUT2D eigenvalue weighted by Crippen LogP contribution is -2.04. The Hall–Kier alpha value is -2.86. The van der Waals surface area contributed by atoms with Crippen molar-refractivity contribution in [2.75, 3.05) is 11.6 Å². The van der Waals surface area contributed by atoms with E-state index in [1.165, 1.54) is 10.5 Å². The normalized spacial score (nSPS) is 10.9. The highest BCUT2D eigenvalue weighted by Gasteiger charge is 2.09. The summed E-state index contributed by atoms with van der Waals surface area (Å²) in [7, 11) is 0. The quantitative estimate of drug-likeness (QED) is 0.550. The third-order valence-corrected chi connectivity index (χ3v) is 4.67. The van der Waals surface area contributed by atoms with E-state index in [0.29, 0.717) is 0 Å². The van der Waals surface area contributed by atoms with Crippen molar-refractivity contribution in [3.05, 3.63) is 72.3 Å². The van der Waals surface area contributed by atoms with Crippen molar-refractivity contribution < 1.29 is 0 Å². The van der Waals surface area contributed by atoms with Gasteiger partial charge in [-0.05, 0) is 36.1 Å². The zero-order chi connectivity index (χ0) is 17.1. The molecule has 0 saturated carbocycles. The first kappa shape index (κ1) is 15.7. The molecule has 1 N–H and O–H groups in total. The summed E-state index contributed by atoms with van der Waals surface area (Å²) in [4.78, 5) is 1.26. The molecule has 4 aromatic rings. The van der Waals surface area contributed by atoms with Crippen LogP contribution in [0.25, 0.3) is 17.0 Å². The van der Waals surface area contributed by atoms with E-state index < -0.39 is 0 Å². The summed E-state index contributed by atoms with van der Waals surface area (Å²) in [6.45, 7) is 0.718. The van der Waals surface area contributed by atoms with Crippen LogP contribution in [0.2, 0.25) is 0 Å². The summed E-state index contributed by atoms with van der Waals surface area (Å²) in [5.74, 6) is 1.53. The van der Waals surface area contributed by atoms with E-state index >= 15 is 0 Å². The smallest absolute Gasteiger partial charge is 0.185 e. The van der Waals surface area contributed by atoms with Gasteiger partial charge in [0.1, 0.15) is 5.82 Å². The second-order valence-electron chi connectivity index (χ2n) is 5.58. The number of benzene rings is 2. The molecule has 124 valence electrons. The van der Waals surface area contributed by atoms with Gasteiger partial charge in [0.2, 0.25) is 0 Å². The maximum absolute atomic E-state index is 4.64. The second-order valence-corrected chi connectivity index (χ2v) is 6.46. The number of hydrogen-bond acceptors (Lipinski definition) is 5. The van der Waals surface area contributed by atoms with Crippen LogP contribution in [0.4, 0.5) is 5.82 Å². The van der Waals surface area contributed by atoms with Crippen LogP contribution in [0, 0.1) is 0 Å². The largest absolute Gasteiger partial charge is 0.365 e. The predicted molar refractivity (Wildman–Crippen MR) is 102 cm³/mol. The molecule has 0 saturated heterocycles. The Morgan fingerprint density at radius 1 is 0.920 bits per heavy atom. The zero-order valence-electron chi connectivity index (χ0n) is 13.8. The van der Waals surface area contributed by atoms with Crippen LogP contribution < -0.4 is 5.32 Å². The fourth-order valence-corrected chi connectivity index (χ4v) is 2.99. The molecule has 0 fully saturated rings. The van der Waals surface area contributed by atoms with Gasteiger partial charge in [-0.1, -0.05) is 42.5 Å². The van der Waals surface area contributed by atoms with Crippen molar-refractivity contribution in [3.63, 3.8) is 0 Å². The van der Waals surface area contributed by atoms with Gasteiger partial charge in [0.25, 0.3) is 0 Å². The topological polar surface area (TPSA) is 55.1 Å². The number of nitrogens with one attached hydrogen (secondary N) is 1. The SMILES string of the molecule is CSc1ccc(CNc2ccc3nnc(-c4ccccc4)n3n2)cc1. The van der Waals surface area contributed by atoms with Crippen LogP contribution in [0.5, 0.6) is 0 Å². The Bertz CT molecular complexity index is 980. The predicted octanol–water partition coefficient (Wildman–Crippen LogP) is 4.13. The highest BCUT2D eigenvalue weighted by atomic mass is 32.2. The molecule has 0 aliphatic rings. The minimum absolute atomic E-state index is 0.718. The molecule has 0 aliphatic carbocycles. The molecular weight excluding hydrogens is 330 g/mol. The molecule has 0 spiro atoms. The van der Waals surface area contributed by atoms with E-state index in [-0.39, 0.29) is 0 Å². The van der Waals surface area contributed by atoms with Gasteiger partial charge in [0.05, 0.1) is 0 Å². The van der Waals surface area contributed by atoms with Crippen LogP contribution in [-0.2, 0) is 6.54 Å². The molecule has 6 heteroatoms. The lowest BCUT2D eigenvalue weighted by molar-refractivity contribution is 0.925. The third kappa shape index (κ3) is 3.34. The van der Waals surface area contributed by atoms with E-state index in [9.17, 15) is 0 Å². The van der Waals surface area contributed by atoms with Gasteiger partial charge >= 0.3 is 0 Å². The average Bonchev–Trinajstić information content (AvgIpc) is 3.10. The first-order valence-electron chi connectivity index (χ1n) is 7.98. The lowest BCUT2D eigenvalue weighted by atomic mass is 10.2. The van der Waals surface area contributed by atoms with Crippen molar-refractivity contribution in [2.24, 2.45) is 0 Å². The highest BCUT2D eigenvalue weighted by molar-refractivity contribution is 7.98. The van der Waals surface area contributed by atoms with E-state index in [0.717, 1.165) is 29.4 Å². The van der Waals surface area contributed by atoms with Crippen molar-refractivity contribution in [1.29, 1.82) is 0 Å². The average molecular weight is 347 g/mol. The lowest BCUT2D eigenvalue weighted by Gasteiger charge is -2.07. The Morgan fingerprint density at radius 3 is 2.48 bits per heavy atom. The first-order chi connectivity index (χ1) is 12.3. The first-order valence-corrected chi connectivity index (χ1v) is 9.20. The Labute approximate surface area is 150 Å². The number of rotatable bonds is 5. The Kier molecular flexibility index (Phi) is 4.35. The fourth-order valence-electron chi connectivity index (χ4n) is 2.59. The standard InChI is InChI=1S/C19H17N5S/c1-25-16-9-7-14(8-10-16)13-20-17-11-12-18-21-22-19(24(18)23-17)15-5-3-2-4-6-15/h2-12H,13H2,1H3,(H,20,23). The molecule has 0 unspecified atom stereocenters. The summed E-state index contributed by atoms with van der Waals surface area (Å²) < 4.78 is 1.77. The molecule has 2 aromatic heterocycles. The van der Waals surface area contributed by atoms with Crippen molar-refractivity contribution in [2.45, 2.75) is 11.4 Å². The van der Waals surface area contributed by atoms with Gasteiger partial charge < -0.3 is 5.32 Å². The Morgan fingerprint density at radius 2 is 1.72 bits per heavy atom.